The number of methoxy groups -OCH3 is 1. The summed E-state index contributed by atoms with van der Waals surface area (Å²) in [4.78, 5) is 22.9. The van der Waals surface area contributed by atoms with Gasteiger partial charge in [-0.1, -0.05) is 62.4 Å². The number of nitrogens with zero attached hydrogens (tertiary/aromatic N) is 3. The average Bonchev–Trinajstić information content (AvgIpc) is 3.28. The van der Waals surface area contributed by atoms with E-state index in [9.17, 15) is 4.79 Å². The molecular formula is C27H31N3O2S. The highest BCUT2D eigenvalue weighted by Gasteiger charge is 2.25. The minimum absolute atomic E-state index is 0.0838. The first-order valence-corrected chi connectivity index (χ1v) is 12.4. The Hall–Kier alpha value is -2.96. The average molecular weight is 462 g/mol. The van der Waals surface area contributed by atoms with E-state index in [2.05, 4.69) is 43.9 Å². The topological polar surface area (TPSA) is 45.7 Å². The molecule has 0 saturated carbocycles. The number of amides is 1. The first-order valence-electron chi connectivity index (χ1n) is 11.6. The number of benzene rings is 3. The number of ether oxygens (including phenoxy) is 1. The molecule has 0 aliphatic heterocycles. The molecule has 6 heteroatoms. The van der Waals surface area contributed by atoms with Gasteiger partial charge in [-0.2, -0.15) is 0 Å². The van der Waals surface area contributed by atoms with Crippen LogP contribution in [0.2, 0.25) is 0 Å². The Kier molecular flexibility index (Phi) is 7.26. The lowest BCUT2D eigenvalue weighted by molar-refractivity contribution is 0.0981. The molecule has 0 spiro atoms. The van der Waals surface area contributed by atoms with Crippen LogP contribution in [-0.4, -0.2) is 49.1 Å². The van der Waals surface area contributed by atoms with E-state index < -0.39 is 0 Å². The maximum atomic E-state index is 14.0. The van der Waals surface area contributed by atoms with Gasteiger partial charge in [-0.25, -0.2) is 4.98 Å². The van der Waals surface area contributed by atoms with Crippen LogP contribution in [0.15, 0.2) is 54.6 Å². The van der Waals surface area contributed by atoms with Crippen molar-refractivity contribution in [3.63, 3.8) is 0 Å². The minimum Gasteiger partial charge on any atom is -0.496 e. The monoisotopic (exact) mass is 461 g/mol. The number of thiazole rings is 1. The van der Waals surface area contributed by atoms with Gasteiger partial charge < -0.3 is 9.64 Å². The maximum Gasteiger partial charge on any atom is 0.263 e. The predicted octanol–water partition coefficient (Wildman–Crippen LogP) is 6.01. The molecule has 3 aromatic carbocycles. The number of aryl methyl sites for hydroxylation is 1. The van der Waals surface area contributed by atoms with E-state index in [0.717, 1.165) is 52.2 Å². The van der Waals surface area contributed by atoms with Crippen LogP contribution in [0.3, 0.4) is 0 Å². The Bertz CT molecular complexity index is 1260. The highest BCUT2D eigenvalue weighted by atomic mass is 32.1. The zero-order valence-corrected chi connectivity index (χ0v) is 20.6. The zero-order chi connectivity index (χ0) is 23.4. The number of carbonyl (C=O) groups excluding carboxylic acids is 1. The molecule has 1 heterocycles. The summed E-state index contributed by atoms with van der Waals surface area (Å²) in [5.74, 6) is 0.500. The van der Waals surface area contributed by atoms with Crippen molar-refractivity contribution in [1.82, 2.24) is 9.88 Å². The molecule has 33 heavy (non-hydrogen) atoms. The normalized spacial score (nSPS) is 11.4. The van der Waals surface area contributed by atoms with Gasteiger partial charge in [0.25, 0.3) is 5.91 Å². The van der Waals surface area contributed by atoms with Gasteiger partial charge in [0, 0.05) is 13.1 Å². The fraction of sp³-hybridized carbons (Fsp3) is 0.333. The van der Waals surface area contributed by atoms with Gasteiger partial charge in [-0.05, 0) is 60.1 Å². The molecule has 172 valence electrons. The summed E-state index contributed by atoms with van der Waals surface area (Å²) in [6.07, 6.45) is 0.974. The largest absolute Gasteiger partial charge is 0.496 e. The molecule has 0 aliphatic rings. The molecule has 4 aromatic rings. The molecule has 0 unspecified atom stereocenters. The van der Waals surface area contributed by atoms with E-state index in [1.165, 1.54) is 5.56 Å². The summed E-state index contributed by atoms with van der Waals surface area (Å²) in [6, 6.07) is 18.3. The summed E-state index contributed by atoms with van der Waals surface area (Å²) in [7, 11) is 1.62. The van der Waals surface area contributed by atoms with Gasteiger partial charge in [0.15, 0.2) is 5.13 Å². The summed E-state index contributed by atoms with van der Waals surface area (Å²) >= 11 is 1.58. The quantitative estimate of drug-likeness (QED) is 0.306. The highest BCUT2D eigenvalue weighted by Crippen LogP contribution is 2.33. The van der Waals surface area contributed by atoms with Gasteiger partial charge in [0.1, 0.15) is 5.75 Å². The molecule has 4 rings (SSSR count). The minimum atomic E-state index is -0.0838. The number of carbonyl (C=O) groups is 1. The fourth-order valence-electron chi connectivity index (χ4n) is 4.06. The van der Waals surface area contributed by atoms with Crippen LogP contribution >= 0.6 is 11.3 Å². The molecule has 1 aromatic heterocycles. The molecule has 0 aliphatic carbocycles. The summed E-state index contributed by atoms with van der Waals surface area (Å²) < 4.78 is 6.75. The molecule has 1 amide bonds. The molecule has 0 fully saturated rings. The first-order chi connectivity index (χ1) is 16.1. The summed E-state index contributed by atoms with van der Waals surface area (Å²) in [5.41, 5.74) is 2.76. The van der Waals surface area contributed by atoms with E-state index in [4.69, 9.17) is 9.72 Å². The molecular weight excluding hydrogens is 430 g/mol. The second kappa shape index (κ2) is 10.3. The Morgan fingerprint density at radius 3 is 2.36 bits per heavy atom. The molecule has 0 N–H and O–H groups in total. The van der Waals surface area contributed by atoms with Crippen LogP contribution < -0.4 is 9.64 Å². The highest BCUT2D eigenvalue weighted by molar-refractivity contribution is 7.22. The standard InChI is InChI=1S/C27H31N3O2S/c1-5-19-12-13-23-25(16-19)33-27(28-23)30(15-14-29(6-2)7-3)26(31)22-17-20-10-8-9-11-21(20)18-24(22)32-4/h8-13,16-18H,5-7,14-15H2,1-4H3. The number of likely N-dealkylation sites (N-methyl/N-ethyl adjacent to an activating group) is 1. The summed E-state index contributed by atoms with van der Waals surface area (Å²) in [6.45, 7) is 9.67. The van der Waals surface area contributed by atoms with Crippen LogP contribution in [0.5, 0.6) is 5.75 Å². The van der Waals surface area contributed by atoms with Gasteiger partial charge >= 0.3 is 0 Å². The van der Waals surface area contributed by atoms with Crippen molar-refractivity contribution in [3.05, 3.63) is 65.7 Å². The van der Waals surface area contributed by atoms with Gasteiger partial charge in [-0.3, -0.25) is 9.69 Å². The van der Waals surface area contributed by atoms with E-state index >= 15 is 0 Å². The second-order valence-corrected chi connectivity index (χ2v) is 9.04. The van der Waals surface area contributed by atoms with Crippen LogP contribution in [-0.2, 0) is 6.42 Å². The Labute approximate surface area is 199 Å². The third-order valence-corrected chi connectivity index (χ3v) is 7.20. The molecule has 0 radical (unpaired) electrons. The Morgan fingerprint density at radius 2 is 1.70 bits per heavy atom. The maximum absolute atomic E-state index is 14.0. The van der Waals surface area contributed by atoms with E-state index in [-0.39, 0.29) is 5.91 Å². The molecule has 5 nitrogen and oxygen atoms in total. The van der Waals surface area contributed by atoms with E-state index in [0.29, 0.717) is 17.9 Å². The number of anilines is 1. The predicted molar refractivity (Wildman–Crippen MR) is 139 cm³/mol. The third-order valence-electron chi connectivity index (χ3n) is 6.16. The van der Waals surface area contributed by atoms with Crippen molar-refractivity contribution in [1.29, 1.82) is 0 Å². The second-order valence-electron chi connectivity index (χ2n) is 8.04. The third kappa shape index (κ3) is 4.87. The van der Waals surface area contributed by atoms with Crippen molar-refractivity contribution in [2.45, 2.75) is 27.2 Å². The smallest absolute Gasteiger partial charge is 0.263 e. The molecule has 0 saturated heterocycles. The number of fused-ring (bicyclic) bond motifs is 2. The van der Waals surface area contributed by atoms with Gasteiger partial charge in [0.05, 0.1) is 22.9 Å². The number of aromatic nitrogens is 1. The number of rotatable bonds is 9. The van der Waals surface area contributed by atoms with Crippen molar-refractivity contribution in [2.75, 3.05) is 38.2 Å². The molecule has 0 atom stereocenters. The van der Waals surface area contributed by atoms with Crippen LogP contribution in [0, 0.1) is 0 Å². The van der Waals surface area contributed by atoms with Crippen molar-refractivity contribution in [2.24, 2.45) is 0 Å². The van der Waals surface area contributed by atoms with E-state index in [1.54, 1.807) is 18.4 Å². The first kappa shape index (κ1) is 23.2. The zero-order valence-electron chi connectivity index (χ0n) is 19.8. The number of hydrogen-bond donors (Lipinski definition) is 0. The van der Waals surface area contributed by atoms with Crippen LogP contribution in [0.4, 0.5) is 5.13 Å². The van der Waals surface area contributed by atoms with Crippen LogP contribution in [0.25, 0.3) is 21.0 Å². The lowest BCUT2D eigenvalue weighted by Gasteiger charge is -2.25. The lowest BCUT2D eigenvalue weighted by Crippen LogP contribution is -2.39. The van der Waals surface area contributed by atoms with Crippen molar-refractivity contribution < 1.29 is 9.53 Å². The van der Waals surface area contributed by atoms with Crippen molar-refractivity contribution in [3.8, 4) is 5.75 Å². The lowest BCUT2D eigenvalue weighted by atomic mass is 10.0. The Morgan fingerprint density at radius 1 is 0.970 bits per heavy atom. The molecule has 0 bridgehead atoms. The SMILES string of the molecule is CCc1ccc2nc(N(CCN(CC)CC)C(=O)c3cc4ccccc4cc3OC)sc2c1. The Balaban J connectivity index is 1.77. The van der Waals surface area contributed by atoms with Crippen molar-refractivity contribution >= 4 is 43.4 Å². The van der Waals surface area contributed by atoms with Crippen LogP contribution in [0.1, 0.15) is 36.7 Å². The summed E-state index contributed by atoms with van der Waals surface area (Å²) in [5, 5.41) is 2.79. The number of hydrogen-bond acceptors (Lipinski definition) is 5. The van der Waals surface area contributed by atoms with Gasteiger partial charge in [0.2, 0.25) is 0 Å². The van der Waals surface area contributed by atoms with E-state index in [1.807, 2.05) is 41.3 Å². The fourth-order valence-corrected chi connectivity index (χ4v) is 5.11. The van der Waals surface area contributed by atoms with Gasteiger partial charge in [-0.15, -0.1) is 0 Å².